The molecule has 0 spiro atoms. The van der Waals surface area contributed by atoms with Crippen LogP contribution in [-0.4, -0.2) is 67.0 Å². The van der Waals surface area contributed by atoms with Crippen LogP contribution in [-0.2, 0) is 14.3 Å². The summed E-state index contributed by atoms with van der Waals surface area (Å²) in [5.74, 6) is 0.130. The first-order valence-corrected chi connectivity index (χ1v) is 11.1. The predicted molar refractivity (Wildman–Crippen MR) is 121 cm³/mol. The minimum atomic E-state index is -0.380. The van der Waals surface area contributed by atoms with Crippen molar-refractivity contribution in [2.75, 3.05) is 49.1 Å². The number of anilines is 2. The summed E-state index contributed by atoms with van der Waals surface area (Å²) in [6, 6.07) is 13.0. The van der Waals surface area contributed by atoms with Crippen molar-refractivity contribution in [3.8, 4) is 0 Å². The number of carbonyl (C=O) groups is 3. The van der Waals surface area contributed by atoms with E-state index in [-0.39, 0.29) is 30.1 Å². The number of hydrogen-bond acceptors (Lipinski definition) is 6. The summed E-state index contributed by atoms with van der Waals surface area (Å²) in [5.41, 5.74) is 1.27. The molecule has 2 aliphatic heterocycles. The Morgan fingerprint density at radius 1 is 1.06 bits per heavy atom. The zero-order chi connectivity index (χ0) is 22.5. The summed E-state index contributed by atoms with van der Waals surface area (Å²) >= 11 is 0. The highest BCUT2D eigenvalue weighted by molar-refractivity contribution is 6.00. The van der Waals surface area contributed by atoms with Crippen molar-refractivity contribution in [2.45, 2.75) is 19.8 Å². The number of nitrogens with zero attached hydrogens (tertiary/aromatic N) is 4. The third-order valence-corrected chi connectivity index (χ3v) is 5.93. The average molecular weight is 437 g/mol. The molecule has 2 aromatic rings. The van der Waals surface area contributed by atoms with Crippen LogP contribution in [0.2, 0.25) is 0 Å². The summed E-state index contributed by atoms with van der Waals surface area (Å²) < 4.78 is 5.00. The number of esters is 1. The maximum absolute atomic E-state index is 13.2. The van der Waals surface area contributed by atoms with Gasteiger partial charge in [0, 0.05) is 51.0 Å². The Kier molecular flexibility index (Phi) is 6.68. The van der Waals surface area contributed by atoms with Gasteiger partial charge in [0.05, 0.1) is 18.1 Å². The molecule has 2 fully saturated rings. The van der Waals surface area contributed by atoms with Gasteiger partial charge >= 0.3 is 5.97 Å². The Balaban J connectivity index is 1.35. The molecule has 8 heteroatoms. The van der Waals surface area contributed by atoms with E-state index >= 15 is 0 Å². The summed E-state index contributed by atoms with van der Waals surface area (Å²) in [6.45, 7) is 5.19. The van der Waals surface area contributed by atoms with Crippen LogP contribution in [0.3, 0.4) is 0 Å². The summed E-state index contributed by atoms with van der Waals surface area (Å²) in [7, 11) is 0. The van der Waals surface area contributed by atoms with Crippen LogP contribution in [0.5, 0.6) is 0 Å². The van der Waals surface area contributed by atoms with Gasteiger partial charge in [-0.1, -0.05) is 18.2 Å². The molecule has 2 amide bonds. The van der Waals surface area contributed by atoms with Crippen LogP contribution in [0.25, 0.3) is 0 Å². The van der Waals surface area contributed by atoms with Crippen LogP contribution >= 0.6 is 0 Å². The van der Waals surface area contributed by atoms with Gasteiger partial charge in [0.2, 0.25) is 11.8 Å². The Labute approximate surface area is 187 Å². The molecule has 0 radical (unpaired) electrons. The van der Waals surface area contributed by atoms with Crippen molar-refractivity contribution < 1.29 is 19.1 Å². The van der Waals surface area contributed by atoms with Gasteiger partial charge in [-0.15, -0.1) is 0 Å². The molecule has 168 valence electrons. The first-order chi connectivity index (χ1) is 15.6. The number of para-hydroxylation sites is 1. The van der Waals surface area contributed by atoms with Crippen LogP contribution in [0.4, 0.5) is 11.5 Å². The number of aromatic nitrogens is 1. The van der Waals surface area contributed by atoms with Gasteiger partial charge < -0.3 is 19.4 Å². The second-order valence-electron chi connectivity index (χ2n) is 8.03. The highest BCUT2D eigenvalue weighted by Crippen LogP contribution is 2.26. The van der Waals surface area contributed by atoms with E-state index in [2.05, 4.69) is 9.88 Å². The van der Waals surface area contributed by atoms with E-state index in [1.807, 2.05) is 41.3 Å². The lowest BCUT2D eigenvalue weighted by Crippen LogP contribution is -2.40. The Hall–Kier alpha value is -3.42. The standard InChI is InChI=1S/C24H28N4O4/c1-2-32-24(31)18-9-10-21(25-16-18)26-11-6-12-27(14-13-26)23(30)19-15-22(29)28(17-19)20-7-4-3-5-8-20/h3-5,7-10,16,19H,2,6,11-15,17H2,1H3. The molecule has 0 N–H and O–H groups in total. The fraction of sp³-hybridized carbons (Fsp3) is 0.417. The van der Waals surface area contributed by atoms with E-state index in [1.165, 1.54) is 6.20 Å². The number of rotatable bonds is 5. The minimum Gasteiger partial charge on any atom is -0.462 e. The minimum absolute atomic E-state index is 0.00288. The highest BCUT2D eigenvalue weighted by Gasteiger charge is 2.37. The number of pyridine rings is 1. The Morgan fingerprint density at radius 3 is 2.59 bits per heavy atom. The van der Waals surface area contributed by atoms with Crippen molar-refractivity contribution in [1.82, 2.24) is 9.88 Å². The zero-order valence-electron chi connectivity index (χ0n) is 18.3. The van der Waals surface area contributed by atoms with Gasteiger partial charge in [-0.3, -0.25) is 9.59 Å². The Bertz CT molecular complexity index is 964. The largest absolute Gasteiger partial charge is 0.462 e. The summed E-state index contributed by atoms with van der Waals surface area (Å²) in [6.07, 6.45) is 2.60. The van der Waals surface area contributed by atoms with E-state index in [0.29, 0.717) is 38.3 Å². The zero-order valence-corrected chi connectivity index (χ0v) is 18.3. The van der Waals surface area contributed by atoms with Gasteiger partial charge in [0.1, 0.15) is 5.82 Å². The van der Waals surface area contributed by atoms with Crippen LogP contribution in [0.1, 0.15) is 30.1 Å². The molecule has 1 unspecified atom stereocenters. The van der Waals surface area contributed by atoms with Crippen LogP contribution in [0, 0.1) is 5.92 Å². The molecule has 0 bridgehead atoms. The van der Waals surface area contributed by atoms with E-state index in [4.69, 9.17) is 4.74 Å². The monoisotopic (exact) mass is 436 g/mol. The number of carbonyl (C=O) groups excluding carboxylic acids is 3. The number of benzene rings is 1. The van der Waals surface area contributed by atoms with Gasteiger partial charge in [-0.05, 0) is 37.6 Å². The van der Waals surface area contributed by atoms with Crippen LogP contribution in [0.15, 0.2) is 48.7 Å². The molecule has 4 rings (SSSR count). The molecule has 1 aromatic heterocycles. The first-order valence-electron chi connectivity index (χ1n) is 11.1. The number of ether oxygens (including phenoxy) is 1. The molecule has 32 heavy (non-hydrogen) atoms. The van der Waals surface area contributed by atoms with E-state index in [1.54, 1.807) is 17.9 Å². The van der Waals surface area contributed by atoms with Crippen LogP contribution < -0.4 is 9.80 Å². The molecule has 1 atom stereocenters. The second-order valence-corrected chi connectivity index (χ2v) is 8.03. The smallest absolute Gasteiger partial charge is 0.339 e. The maximum atomic E-state index is 13.2. The predicted octanol–water partition coefficient (Wildman–Crippen LogP) is 2.35. The average Bonchev–Trinajstić information content (AvgIpc) is 3.04. The fourth-order valence-corrected chi connectivity index (χ4v) is 4.26. The molecule has 8 nitrogen and oxygen atoms in total. The number of hydrogen-bond donors (Lipinski definition) is 0. The molecule has 0 aliphatic carbocycles. The van der Waals surface area contributed by atoms with Crippen molar-refractivity contribution in [3.05, 3.63) is 54.2 Å². The summed E-state index contributed by atoms with van der Waals surface area (Å²) in [4.78, 5) is 47.6. The van der Waals surface area contributed by atoms with E-state index < -0.39 is 0 Å². The molecule has 0 saturated carbocycles. The quantitative estimate of drug-likeness (QED) is 0.669. The van der Waals surface area contributed by atoms with E-state index in [0.717, 1.165) is 24.5 Å². The van der Waals surface area contributed by atoms with Gasteiger partial charge in [0.25, 0.3) is 0 Å². The van der Waals surface area contributed by atoms with Crippen molar-refractivity contribution in [1.29, 1.82) is 0 Å². The molecular weight excluding hydrogens is 408 g/mol. The first kappa shape index (κ1) is 21.8. The number of amides is 2. The van der Waals surface area contributed by atoms with Gasteiger partial charge in [-0.25, -0.2) is 9.78 Å². The third kappa shape index (κ3) is 4.74. The highest BCUT2D eigenvalue weighted by atomic mass is 16.5. The molecular formula is C24H28N4O4. The topological polar surface area (TPSA) is 83.0 Å². The van der Waals surface area contributed by atoms with Crippen molar-refractivity contribution >= 4 is 29.3 Å². The lowest BCUT2D eigenvalue weighted by atomic mass is 10.1. The second kappa shape index (κ2) is 9.80. The van der Waals surface area contributed by atoms with Gasteiger partial charge in [0.15, 0.2) is 0 Å². The fourth-order valence-electron chi connectivity index (χ4n) is 4.26. The maximum Gasteiger partial charge on any atom is 0.339 e. The van der Waals surface area contributed by atoms with E-state index in [9.17, 15) is 14.4 Å². The molecule has 3 heterocycles. The Morgan fingerprint density at radius 2 is 1.88 bits per heavy atom. The lowest BCUT2D eigenvalue weighted by molar-refractivity contribution is -0.135. The summed E-state index contributed by atoms with van der Waals surface area (Å²) in [5, 5.41) is 0. The SMILES string of the molecule is CCOC(=O)c1ccc(N2CCCN(C(=O)C3CC(=O)N(c4ccccc4)C3)CC2)nc1. The lowest BCUT2D eigenvalue weighted by Gasteiger charge is -2.25. The molecule has 2 saturated heterocycles. The molecule has 2 aliphatic rings. The third-order valence-electron chi connectivity index (χ3n) is 5.93. The van der Waals surface area contributed by atoms with Crippen molar-refractivity contribution in [2.24, 2.45) is 5.92 Å². The van der Waals surface area contributed by atoms with Gasteiger partial charge in [-0.2, -0.15) is 0 Å². The molecule has 1 aromatic carbocycles. The van der Waals surface area contributed by atoms with Crippen molar-refractivity contribution in [3.63, 3.8) is 0 Å². The normalized spacial score (nSPS) is 19.1.